The summed E-state index contributed by atoms with van der Waals surface area (Å²) in [7, 11) is 0. The van der Waals surface area contributed by atoms with Crippen LogP contribution in [0.15, 0.2) is 0 Å². The quantitative estimate of drug-likeness (QED) is 0.381. The van der Waals surface area contributed by atoms with Crippen LogP contribution < -0.4 is 21.3 Å². The van der Waals surface area contributed by atoms with Gasteiger partial charge in [0.1, 0.15) is 0 Å². The van der Waals surface area contributed by atoms with Gasteiger partial charge in [0.25, 0.3) is 0 Å². The SMILES string of the molecule is C1CNCCNCCNCCN1.[Cu+]. The van der Waals surface area contributed by atoms with E-state index in [-0.39, 0.29) is 17.1 Å². The second kappa shape index (κ2) is 10.4. The Hall–Kier alpha value is 0.359. The van der Waals surface area contributed by atoms with Gasteiger partial charge in [0.2, 0.25) is 0 Å². The number of rotatable bonds is 0. The van der Waals surface area contributed by atoms with Crippen molar-refractivity contribution < 1.29 is 17.1 Å². The second-order valence-electron chi connectivity index (χ2n) is 3.00. The van der Waals surface area contributed by atoms with Crippen molar-refractivity contribution in [3.8, 4) is 0 Å². The molecule has 0 unspecified atom stereocenters. The fraction of sp³-hybridized carbons (Fsp3) is 1.00. The average Bonchev–Trinajstić information content (AvgIpc) is 2.05. The first-order chi connectivity index (χ1) is 6.00. The van der Waals surface area contributed by atoms with Crippen LogP contribution in [-0.4, -0.2) is 52.4 Å². The van der Waals surface area contributed by atoms with Gasteiger partial charge in [0, 0.05) is 52.4 Å². The summed E-state index contributed by atoms with van der Waals surface area (Å²) in [6, 6.07) is 0. The van der Waals surface area contributed by atoms with Gasteiger partial charge in [-0.05, 0) is 0 Å². The molecule has 0 amide bonds. The zero-order valence-electron chi connectivity index (χ0n) is 7.96. The first-order valence-electron chi connectivity index (χ1n) is 4.83. The normalized spacial score (nSPS) is 22.2. The summed E-state index contributed by atoms with van der Waals surface area (Å²) in [5.41, 5.74) is 0. The minimum absolute atomic E-state index is 0. The van der Waals surface area contributed by atoms with E-state index in [1.807, 2.05) is 0 Å². The zero-order valence-corrected chi connectivity index (χ0v) is 8.90. The molecule has 0 saturated carbocycles. The molecule has 1 aliphatic heterocycles. The molecule has 1 fully saturated rings. The molecule has 4 N–H and O–H groups in total. The Morgan fingerprint density at radius 3 is 0.692 bits per heavy atom. The van der Waals surface area contributed by atoms with Gasteiger partial charge < -0.3 is 21.3 Å². The van der Waals surface area contributed by atoms with Crippen molar-refractivity contribution in [3.05, 3.63) is 0 Å². The standard InChI is InChI=1S/C8H20N4.Cu/c1-2-10-5-6-12-8-7-11-4-3-9-1;/h9-12H,1-8H2;/q;+1. The van der Waals surface area contributed by atoms with Gasteiger partial charge in [-0.2, -0.15) is 0 Å². The van der Waals surface area contributed by atoms with Crippen LogP contribution in [0.1, 0.15) is 0 Å². The molecule has 5 heteroatoms. The van der Waals surface area contributed by atoms with Crippen molar-refractivity contribution in [2.45, 2.75) is 0 Å². The third kappa shape index (κ3) is 8.68. The van der Waals surface area contributed by atoms with Gasteiger partial charge in [-0.1, -0.05) is 0 Å². The van der Waals surface area contributed by atoms with Crippen molar-refractivity contribution >= 4 is 0 Å². The molecule has 1 heterocycles. The summed E-state index contributed by atoms with van der Waals surface area (Å²) >= 11 is 0. The molecule has 1 rings (SSSR count). The van der Waals surface area contributed by atoms with Gasteiger partial charge in [0.05, 0.1) is 0 Å². The molecule has 0 aromatic heterocycles. The molecule has 0 aromatic rings. The Balaban J connectivity index is 0.00000144. The summed E-state index contributed by atoms with van der Waals surface area (Å²) in [5.74, 6) is 0. The number of hydrogen-bond acceptors (Lipinski definition) is 4. The average molecular weight is 236 g/mol. The molecular formula is C8H20CuN4+. The van der Waals surface area contributed by atoms with Crippen molar-refractivity contribution in [2.75, 3.05) is 52.4 Å². The molecule has 1 saturated heterocycles. The van der Waals surface area contributed by atoms with Gasteiger partial charge >= 0.3 is 17.1 Å². The van der Waals surface area contributed by atoms with Gasteiger partial charge in [0.15, 0.2) is 0 Å². The molecule has 0 aliphatic carbocycles. The Kier molecular flexibility index (Phi) is 10.7. The summed E-state index contributed by atoms with van der Waals surface area (Å²) in [4.78, 5) is 0. The van der Waals surface area contributed by atoms with E-state index in [2.05, 4.69) is 21.3 Å². The molecule has 0 spiro atoms. The minimum Gasteiger partial charge on any atom is -0.314 e. The molecule has 82 valence electrons. The smallest absolute Gasteiger partial charge is 0.314 e. The van der Waals surface area contributed by atoms with E-state index in [0.29, 0.717) is 0 Å². The fourth-order valence-corrected chi connectivity index (χ4v) is 1.21. The molecule has 13 heavy (non-hydrogen) atoms. The summed E-state index contributed by atoms with van der Waals surface area (Å²) in [6.45, 7) is 8.57. The second-order valence-corrected chi connectivity index (χ2v) is 3.00. The van der Waals surface area contributed by atoms with Gasteiger partial charge in [-0.25, -0.2) is 0 Å². The first-order valence-corrected chi connectivity index (χ1v) is 4.83. The predicted molar refractivity (Wildman–Crippen MR) is 51.5 cm³/mol. The van der Waals surface area contributed by atoms with Gasteiger partial charge in [-0.15, -0.1) is 0 Å². The van der Waals surface area contributed by atoms with E-state index in [0.717, 1.165) is 52.4 Å². The Bertz CT molecular complexity index is 59.1. The summed E-state index contributed by atoms with van der Waals surface area (Å²) in [6.07, 6.45) is 0. The topological polar surface area (TPSA) is 48.1 Å². The van der Waals surface area contributed by atoms with Crippen molar-refractivity contribution in [2.24, 2.45) is 0 Å². The van der Waals surface area contributed by atoms with Crippen LogP contribution in [0.2, 0.25) is 0 Å². The molecule has 1 aliphatic rings. The number of hydrogen-bond donors (Lipinski definition) is 4. The maximum absolute atomic E-state index is 3.36. The Morgan fingerprint density at radius 2 is 0.538 bits per heavy atom. The summed E-state index contributed by atoms with van der Waals surface area (Å²) in [5, 5.41) is 13.4. The molecular weight excluding hydrogens is 216 g/mol. The Morgan fingerprint density at radius 1 is 0.385 bits per heavy atom. The van der Waals surface area contributed by atoms with Crippen LogP contribution in [0.5, 0.6) is 0 Å². The van der Waals surface area contributed by atoms with Crippen LogP contribution in [0.25, 0.3) is 0 Å². The molecule has 0 radical (unpaired) electrons. The zero-order chi connectivity index (χ0) is 8.49. The van der Waals surface area contributed by atoms with Crippen molar-refractivity contribution in [1.29, 1.82) is 0 Å². The fourth-order valence-electron chi connectivity index (χ4n) is 1.21. The van der Waals surface area contributed by atoms with Crippen molar-refractivity contribution in [1.82, 2.24) is 21.3 Å². The van der Waals surface area contributed by atoms with E-state index >= 15 is 0 Å². The van der Waals surface area contributed by atoms with Crippen LogP contribution in [0.4, 0.5) is 0 Å². The van der Waals surface area contributed by atoms with Crippen LogP contribution in [-0.2, 0) is 17.1 Å². The van der Waals surface area contributed by atoms with Crippen LogP contribution in [0, 0.1) is 0 Å². The number of nitrogens with one attached hydrogen (secondary N) is 4. The van der Waals surface area contributed by atoms with E-state index in [1.54, 1.807) is 0 Å². The minimum atomic E-state index is 0. The monoisotopic (exact) mass is 235 g/mol. The van der Waals surface area contributed by atoms with Crippen molar-refractivity contribution in [3.63, 3.8) is 0 Å². The molecule has 4 nitrogen and oxygen atoms in total. The molecule has 0 aromatic carbocycles. The largest absolute Gasteiger partial charge is 1.00 e. The first kappa shape index (κ1) is 13.4. The summed E-state index contributed by atoms with van der Waals surface area (Å²) < 4.78 is 0. The predicted octanol–water partition coefficient (Wildman–Crippen LogP) is -1.64. The Labute approximate surface area is 91.1 Å². The third-order valence-electron chi connectivity index (χ3n) is 1.91. The van der Waals surface area contributed by atoms with Crippen LogP contribution >= 0.6 is 0 Å². The van der Waals surface area contributed by atoms with E-state index in [9.17, 15) is 0 Å². The van der Waals surface area contributed by atoms with E-state index in [4.69, 9.17) is 0 Å². The van der Waals surface area contributed by atoms with E-state index < -0.39 is 0 Å². The maximum Gasteiger partial charge on any atom is 1.00 e. The van der Waals surface area contributed by atoms with Gasteiger partial charge in [-0.3, -0.25) is 0 Å². The van der Waals surface area contributed by atoms with Crippen LogP contribution in [0.3, 0.4) is 0 Å². The molecule has 0 atom stereocenters. The third-order valence-corrected chi connectivity index (χ3v) is 1.91. The maximum atomic E-state index is 3.36. The molecule has 0 bridgehead atoms. The van der Waals surface area contributed by atoms with E-state index in [1.165, 1.54) is 0 Å².